The number of carboxylic acid groups (broad SMARTS) is 1. The molecule has 9 atom stereocenters. The number of rotatable bonds is 8. The van der Waals surface area contributed by atoms with Crippen molar-refractivity contribution in [2.24, 2.45) is 11.8 Å². The number of aliphatic hydroxyl groups excluding tert-OH is 5. The summed E-state index contributed by atoms with van der Waals surface area (Å²) < 4.78 is 47.2. The molecule has 2 heterocycles. The van der Waals surface area contributed by atoms with Crippen molar-refractivity contribution in [3.63, 3.8) is 0 Å². The van der Waals surface area contributed by atoms with Crippen molar-refractivity contribution in [1.82, 2.24) is 0 Å². The number of carbonyl (C=O) groups is 1. The first-order valence-electron chi connectivity index (χ1n) is 8.74. The Kier molecular flexibility index (Phi) is 7.95. The van der Waals surface area contributed by atoms with Gasteiger partial charge in [-0.25, -0.2) is 4.79 Å². The number of aliphatic carboxylic acids is 1. The zero-order chi connectivity index (χ0) is 22.8. The summed E-state index contributed by atoms with van der Waals surface area (Å²) in [5, 5.41) is 58.0. The predicted octanol–water partition coefficient (Wildman–Crippen LogP) is -2.86. The first-order valence-corrected chi connectivity index (χ1v) is 10.2. The van der Waals surface area contributed by atoms with E-state index in [9.17, 15) is 43.9 Å². The lowest BCUT2D eigenvalue weighted by molar-refractivity contribution is -0.339. The third kappa shape index (κ3) is 5.16. The maximum Gasteiger partial charge on any atom is 0.334 e. The van der Waals surface area contributed by atoms with Gasteiger partial charge >= 0.3 is 5.97 Å². The fourth-order valence-electron chi connectivity index (χ4n) is 3.26. The van der Waals surface area contributed by atoms with Gasteiger partial charge in [0.05, 0.1) is 18.4 Å². The van der Waals surface area contributed by atoms with Crippen LogP contribution in [0.5, 0.6) is 0 Å². The molecule has 0 saturated carbocycles. The van der Waals surface area contributed by atoms with Crippen LogP contribution in [0.25, 0.3) is 0 Å². The van der Waals surface area contributed by atoms with E-state index in [1.54, 1.807) is 0 Å². The van der Waals surface area contributed by atoms with Gasteiger partial charge < -0.3 is 44.8 Å². The molecule has 14 heteroatoms. The van der Waals surface area contributed by atoms with Crippen LogP contribution >= 0.6 is 0 Å². The molecule has 1 saturated heterocycles. The van der Waals surface area contributed by atoms with E-state index < -0.39 is 89.0 Å². The standard InChI is InChI=1S/C16H24O13S/c1-2-6-7(3-10(18)30(24,25)26)8(14(22)23)5-27-15(6)29-16-13(21)12(20)11(19)9(4-17)28-16/h2,5-7,9-13,15-21H,1,3-4H2,(H,22,23)(H,24,25,26). The SMILES string of the molecule is C=CC1C(OC2OC(CO)C(O)C(O)C2O)OC=C(C(=O)O)C1CC(O)S(=O)(=O)O. The average Bonchev–Trinajstić information content (AvgIpc) is 2.67. The predicted molar refractivity (Wildman–Crippen MR) is 94.8 cm³/mol. The van der Waals surface area contributed by atoms with Crippen LogP contribution in [0.3, 0.4) is 0 Å². The molecule has 0 aromatic rings. The largest absolute Gasteiger partial charge is 0.478 e. The molecule has 0 spiro atoms. The molecule has 0 amide bonds. The summed E-state index contributed by atoms with van der Waals surface area (Å²) in [6.45, 7) is 2.80. The summed E-state index contributed by atoms with van der Waals surface area (Å²) in [6.07, 6.45) is -8.32. The highest BCUT2D eigenvalue weighted by Crippen LogP contribution is 2.37. The minimum Gasteiger partial charge on any atom is -0.478 e. The van der Waals surface area contributed by atoms with Gasteiger partial charge in [-0.2, -0.15) is 8.42 Å². The van der Waals surface area contributed by atoms with E-state index in [1.807, 2.05) is 0 Å². The van der Waals surface area contributed by atoms with Crippen LogP contribution in [0.4, 0.5) is 0 Å². The van der Waals surface area contributed by atoms with Crippen LogP contribution < -0.4 is 0 Å². The van der Waals surface area contributed by atoms with Crippen LogP contribution in [-0.4, -0.2) is 98.6 Å². The molecule has 30 heavy (non-hydrogen) atoms. The molecule has 0 aromatic heterocycles. The van der Waals surface area contributed by atoms with Crippen molar-refractivity contribution >= 4 is 16.1 Å². The summed E-state index contributed by atoms with van der Waals surface area (Å²) in [5.41, 5.74) is -2.74. The van der Waals surface area contributed by atoms with E-state index in [1.165, 1.54) is 0 Å². The Hall–Kier alpha value is -1.62. The van der Waals surface area contributed by atoms with Gasteiger partial charge in [-0.3, -0.25) is 4.55 Å². The zero-order valence-electron chi connectivity index (χ0n) is 15.5. The Morgan fingerprint density at radius 2 is 1.87 bits per heavy atom. The quantitative estimate of drug-likeness (QED) is 0.144. The van der Waals surface area contributed by atoms with Gasteiger partial charge in [0.2, 0.25) is 6.29 Å². The highest BCUT2D eigenvalue weighted by molar-refractivity contribution is 7.86. The fraction of sp³-hybridized carbons (Fsp3) is 0.688. The summed E-state index contributed by atoms with van der Waals surface area (Å²) in [7, 11) is -4.89. The summed E-state index contributed by atoms with van der Waals surface area (Å²) in [6, 6.07) is 0. The lowest BCUT2D eigenvalue weighted by atomic mass is 9.82. The Balaban J connectivity index is 2.28. The molecule has 172 valence electrons. The molecule has 2 aliphatic rings. The lowest BCUT2D eigenvalue weighted by Gasteiger charge is -2.43. The van der Waals surface area contributed by atoms with E-state index in [-0.39, 0.29) is 0 Å². The monoisotopic (exact) mass is 456 g/mol. The molecule has 0 bridgehead atoms. The highest BCUT2D eigenvalue weighted by Gasteiger charge is 2.48. The molecule has 9 unspecified atom stereocenters. The average molecular weight is 456 g/mol. The van der Waals surface area contributed by atoms with Crippen molar-refractivity contribution < 1.29 is 62.6 Å². The van der Waals surface area contributed by atoms with Crippen molar-refractivity contribution in [3.05, 3.63) is 24.5 Å². The van der Waals surface area contributed by atoms with Gasteiger partial charge in [-0.1, -0.05) is 6.08 Å². The van der Waals surface area contributed by atoms with Crippen molar-refractivity contribution in [2.45, 2.75) is 48.9 Å². The van der Waals surface area contributed by atoms with Crippen LogP contribution in [0.2, 0.25) is 0 Å². The Bertz CT molecular complexity index is 763. The van der Waals surface area contributed by atoms with Gasteiger partial charge in [0.25, 0.3) is 10.1 Å². The first-order chi connectivity index (χ1) is 13.9. The lowest BCUT2D eigenvalue weighted by Crippen LogP contribution is -2.60. The normalized spacial score (nSPS) is 38.3. The second-order valence-corrected chi connectivity index (χ2v) is 8.42. The van der Waals surface area contributed by atoms with E-state index >= 15 is 0 Å². The second-order valence-electron chi connectivity index (χ2n) is 6.84. The third-order valence-electron chi connectivity index (χ3n) is 4.94. The maximum atomic E-state index is 11.5. The highest BCUT2D eigenvalue weighted by atomic mass is 32.2. The van der Waals surface area contributed by atoms with E-state index in [0.717, 1.165) is 12.3 Å². The van der Waals surface area contributed by atoms with Crippen molar-refractivity contribution in [1.29, 1.82) is 0 Å². The zero-order valence-corrected chi connectivity index (χ0v) is 16.3. The van der Waals surface area contributed by atoms with E-state index in [0.29, 0.717) is 0 Å². The van der Waals surface area contributed by atoms with E-state index in [4.69, 9.17) is 18.8 Å². The molecular formula is C16H24O13S. The summed E-state index contributed by atoms with van der Waals surface area (Å²) >= 11 is 0. The summed E-state index contributed by atoms with van der Waals surface area (Å²) in [4.78, 5) is 11.5. The van der Waals surface area contributed by atoms with Gasteiger partial charge in [0, 0.05) is 11.8 Å². The van der Waals surface area contributed by atoms with Crippen molar-refractivity contribution in [2.75, 3.05) is 6.61 Å². The van der Waals surface area contributed by atoms with E-state index in [2.05, 4.69) is 6.58 Å². The number of hydrogen-bond donors (Lipinski definition) is 7. The minimum absolute atomic E-state index is 0.434. The smallest absolute Gasteiger partial charge is 0.334 e. The molecule has 1 fully saturated rings. The maximum absolute atomic E-state index is 11.5. The molecule has 0 aliphatic carbocycles. The van der Waals surface area contributed by atoms with Gasteiger partial charge in [0.1, 0.15) is 24.4 Å². The molecule has 0 radical (unpaired) electrons. The topological polar surface area (TPSA) is 221 Å². The molecule has 13 nitrogen and oxygen atoms in total. The molecule has 2 aliphatic heterocycles. The number of carboxylic acids is 1. The molecule has 0 aromatic carbocycles. The summed E-state index contributed by atoms with van der Waals surface area (Å²) in [5.74, 6) is -3.84. The van der Waals surface area contributed by atoms with Gasteiger partial charge in [-0.15, -0.1) is 6.58 Å². The van der Waals surface area contributed by atoms with Crippen LogP contribution in [0.1, 0.15) is 6.42 Å². The first kappa shape index (κ1) is 24.6. The Labute approximate surface area is 171 Å². The third-order valence-corrected chi connectivity index (χ3v) is 5.82. The molecule has 7 N–H and O–H groups in total. The number of hydrogen-bond acceptors (Lipinski definition) is 11. The fourth-order valence-corrected chi connectivity index (χ4v) is 3.71. The minimum atomic E-state index is -4.89. The Morgan fingerprint density at radius 3 is 2.37 bits per heavy atom. The second kappa shape index (κ2) is 9.67. The van der Waals surface area contributed by atoms with Crippen LogP contribution in [-0.2, 0) is 29.1 Å². The number of aliphatic hydroxyl groups is 5. The van der Waals surface area contributed by atoms with Crippen LogP contribution in [0.15, 0.2) is 24.5 Å². The van der Waals surface area contributed by atoms with Gasteiger partial charge in [0.15, 0.2) is 11.7 Å². The Morgan fingerprint density at radius 1 is 1.23 bits per heavy atom. The molecular weight excluding hydrogens is 432 g/mol. The van der Waals surface area contributed by atoms with Crippen LogP contribution in [0, 0.1) is 11.8 Å². The van der Waals surface area contributed by atoms with Gasteiger partial charge in [-0.05, 0) is 6.42 Å². The molecule has 2 rings (SSSR count). The number of ether oxygens (including phenoxy) is 3. The van der Waals surface area contributed by atoms with Crippen molar-refractivity contribution in [3.8, 4) is 0 Å².